The summed E-state index contributed by atoms with van der Waals surface area (Å²) in [7, 11) is 1.74. The normalized spacial score (nSPS) is 16.0. The molecule has 5 heteroatoms. The summed E-state index contributed by atoms with van der Waals surface area (Å²) in [6.45, 7) is 7.09. The van der Waals surface area contributed by atoms with Gasteiger partial charge in [-0.15, -0.1) is 11.3 Å². The first-order chi connectivity index (χ1) is 9.35. The molecule has 0 aromatic carbocycles. The topological polar surface area (TPSA) is 37.4 Å². The minimum atomic E-state index is 0.619. The minimum Gasteiger partial charge on any atom is -0.378 e. The third-order valence-electron chi connectivity index (χ3n) is 3.39. The van der Waals surface area contributed by atoms with E-state index in [0.717, 1.165) is 38.3 Å². The van der Waals surface area contributed by atoms with Crippen molar-refractivity contribution in [3.63, 3.8) is 0 Å². The molecular formula is C14H25N3OS. The van der Waals surface area contributed by atoms with Crippen LogP contribution in [-0.2, 0) is 17.9 Å². The summed E-state index contributed by atoms with van der Waals surface area (Å²) in [5.41, 5.74) is 1.11. The van der Waals surface area contributed by atoms with Crippen molar-refractivity contribution in [3.8, 4) is 0 Å². The van der Waals surface area contributed by atoms with Crippen LogP contribution < -0.4 is 10.2 Å². The molecule has 2 rings (SSSR count). The number of hydrogen-bond acceptors (Lipinski definition) is 5. The Labute approximate surface area is 120 Å². The van der Waals surface area contributed by atoms with E-state index in [1.165, 1.54) is 29.3 Å². The minimum absolute atomic E-state index is 0.619. The van der Waals surface area contributed by atoms with Crippen molar-refractivity contribution in [2.75, 3.05) is 31.6 Å². The van der Waals surface area contributed by atoms with Crippen molar-refractivity contribution >= 4 is 16.5 Å². The highest BCUT2D eigenvalue weighted by atomic mass is 32.1. The number of rotatable bonds is 7. The summed E-state index contributed by atoms with van der Waals surface area (Å²) in [5, 5.41) is 4.64. The summed E-state index contributed by atoms with van der Waals surface area (Å²) in [4.78, 5) is 8.54. The summed E-state index contributed by atoms with van der Waals surface area (Å²) in [6, 6.07) is 0. The standard InChI is InChI=1S/C14H25N3OS/c1-3-7-15-10-13-12(11-18-2)16-14(19-13)17-8-5-4-6-9-17/h15H,3-11H2,1-2H3. The number of thiazole rings is 1. The first-order valence-electron chi connectivity index (χ1n) is 7.28. The van der Waals surface area contributed by atoms with Crippen LogP contribution >= 0.6 is 11.3 Å². The number of aromatic nitrogens is 1. The number of methoxy groups -OCH3 is 1. The molecule has 0 amide bonds. The molecule has 0 radical (unpaired) electrons. The Bertz CT molecular complexity index is 375. The number of ether oxygens (including phenoxy) is 1. The second-order valence-corrected chi connectivity index (χ2v) is 6.09. The Morgan fingerprint density at radius 1 is 1.32 bits per heavy atom. The lowest BCUT2D eigenvalue weighted by molar-refractivity contribution is 0.181. The molecule has 1 aromatic rings. The number of nitrogens with one attached hydrogen (secondary N) is 1. The molecule has 2 heterocycles. The van der Waals surface area contributed by atoms with Gasteiger partial charge >= 0.3 is 0 Å². The lowest BCUT2D eigenvalue weighted by Gasteiger charge is -2.25. The number of anilines is 1. The average molecular weight is 283 g/mol. The molecule has 4 nitrogen and oxygen atoms in total. The zero-order valence-corrected chi connectivity index (χ0v) is 12.9. The third-order valence-corrected chi connectivity index (χ3v) is 4.55. The van der Waals surface area contributed by atoms with Gasteiger partial charge in [-0.1, -0.05) is 6.92 Å². The largest absolute Gasteiger partial charge is 0.378 e. The SMILES string of the molecule is CCCNCc1sc(N2CCCCC2)nc1COC. The second kappa shape index (κ2) is 7.82. The van der Waals surface area contributed by atoms with Crippen LogP contribution in [0.25, 0.3) is 0 Å². The summed E-state index contributed by atoms with van der Waals surface area (Å²) in [5.74, 6) is 0. The van der Waals surface area contributed by atoms with E-state index in [0.29, 0.717) is 6.61 Å². The highest BCUT2D eigenvalue weighted by Crippen LogP contribution is 2.29. The maximum Gasteiger partial charge on any atom is 0.185 e. The van der Waals surface area contributed by atoms with Gasteiger partial charge in [0.15, 0.2) is 5.13 Å². The molecule has 108 valence electrons. The van der Waals surface area contributed by atoms with Crippen LogP contribution in [0.2, 0.25) is 0 Å². The smallest absolute Gasteiger partial charge is 0.185 e. The molecule has 1 aliphatic heterocycles. The summed E-state index contributed by atoms with van der Waals surface area (Å²) in [6.07, 6.45) is 5.11. The van der Waals surface area contributed by atoms with Gasteiger partial charge in [0.1, 0.15) is 0 Å². The van der Waals surface area contributed by atoms with E-state index in [1.807, 2.05) is 11.3 Å². The van der Waals surface area contributed by atoms with Crippen LogP contribution in [-0.4, -0.2) is 31.7 Å². The van der Waals surface area contributed by atoms with Gasteiger partial charge in [0.2, 0.25) is 0 Å². The Hall–Kier alpha value is -0.650. The van der Waals surface area contributed by atoms with Crippen LogP contribution in [0.5, 0.6) is 0 Å². The van der Waals surface area contributed by atoms with Gasteiger partial charge < -0.3 is 15.0 Å². The lowest BCUT2D eigenvalue weighted by atomic mass is 10.1. The molecule has 1 saturated heterocycles. The van der Waals surface area contributed by atoms with Crippen molar-refractivity contribution in [3.05, 3.63) is 10.6 Å². The van der Waals surface area contributed by atoms with Crippen molar-refractivity contribution < 1.29 is 4.74 Å². The van der Waals surface area contributed by atoms with E-state index in [1.54, 1.807) is 7.11 Å². The van der Waals surface area contributed by atoms with Crippen molar-refractivity contribution in [1.29, 1.82) is 0 Å². The molecule has 0 aliphatic carbocycles. The molecular weight excluding hydrogens is 258 g/mol. The molecule has 0 spiro atoms. The monoisotopic (exact) mass is 283 g/mol. The van der Waals surface area contributed by atoms with Gasteiger partial charge in [-0.05, 0) is 32.2 Å². The molecule has 0 bridgehead atoms. The maximum absolute atomic E-state index is 5.27. The van der Waals surface area contributed by atoms with E-state index < -0.39 is 0 Å². The van der Waals surface area contributed by atoms with Crippen molar-refractivity contribution in [1.82, 2.24) is 10.3 Å². The molecule has 1 aromatic heterocycles. The maximum atomic E-state index is 5.27. The Morgan fingerprint density at radius 2 is 2.11 bits per heavy atom. The van der Waals surface area contributed by atoms with Crippen LogP contribution in [0.3, 0.4) is 0 Å². The van der Waals surface area contributed by atoms with Gasteiger partial charge in [-0.3, -0.25) is 0 Å². The zero-order chi connectivity index (χ0) is 13.5. The fourth-order valence-electron chi connectivity index (χ4n) is 2.36. The zero-order valence-electron chi connectivity index (χ0n) is 12.1. The van der Waals surface area contributed by atoms with Crippen LogP contribution in [0, 0.1) is 0 Å². The highest BCUT2D eigenvalue weighted by Gasteiger charge is 2.17. The molecule has 0 unspecified atom stereocenters. The molecule has 19 heavy (non-hydrogen) atoms. The summed E-state index contributed by atoms with van der Waals surface area (Å²) >= 11 is 1.83. The van der Waals surface area contributed by atoms with Crippen LogP contribution in [0.1, 0.15) is 43.2 Å². The third kappa shape index (κ3) is 4.16. The predicted octanol–water partition coefficient (Wildman–Crippen LogP) is 2.78. The fraction of sp³-hybridized carbons (Fsp3) is 0.786. The van der Waals surface area contributed by atoms with E-state index in [9.17, 15) is 0 Å². The van der Waals surface area contributed by atoms with E-state index >= 15 is 0 Å². The number of hydrogen-bond donors (Lipinski definition) is 1. The van der Waals surface area contributed by atoms with Crippen molar-refractivity contribution in [2.45, 2.75) is 45.8 Å². The average Bonchev–Trinajstić information content (AvgIpc) is 2.84. The van der Waals surface area contributed by atoms with Gasteiger partial charge in [-0.25, -0.2) is 4.98 Å². The summed E-state index contributed by atoms with van der Waals surface area (Å²) < 4.78 is 5.27. The molecule has 0 atom stereocenters. The number of piperidine rings is 1. The number of nitrogens with zero attached hydrogens (tertiary/aromatic N) is 2. The molecule has 1 aliphatic rings. The van der Waals surface area contributed by atoms with Gasteiger partial charge in [0.05, 0.1) is 12.3 Å². The predicted molar refractivity (Wildman–Crippen MR) is 80.9 cm³/mol. The highest BCUT2D eigenvalue weighted by molar-refractivity contribution is 7.15. The van der Waals surface area contributed by atoms with Crippen LogP contribution in [0.4, 0.5) is 5.13 Å². The van der Waals surface area contributed by atoms with E-state index in [2.05, 4.69) is 17.1 Å². The molecule has 0 saturated carbocycles. The second-order valence-electron chi connectivity index (χ2n) is 5.02. The molecule has 1 N–H and O–H groups in total. The first kappa shape index (κ1) is 14.8. The quantitative estimate of drug-likeness (QED) is 0.781. The molecule has 1 fully saturated rings. The van der Waals surface area contributed by atoms with Crippen molar-refractivity contribution in [2.24, 2.45) is 0 Å². The Morgan fingerprint density at radius 3 is 2.79 bits per heavy atom. The van der Waals surface area contributed by atoms with E-state index in [-0.39, 0.29) is 0 Å². The Kier molecular flexibility index (Phi) is 6.07. The van der Waals surface area contributed by atoms with Crippen LogP contribution in [0.15, 0.2) is 0 Å². The lowest BCUT2D eigenvalue weighted by Crippen LogP contribution is -2.29. The Balaban J connectivity index is 2.04. The van der Waals surface area contributed by atoms with Gasteiger partial charge in [0.25, 0.3) is 0 Å². The van der Waals surface area contributed by atoms with Gasteiger partial charge in [0, 0.05) is 31.6 Å². The fourth-order valence-corrected chi connectivity index (χ4v) is 3.44. The first-order valence-corrected chi connectivity index (χ1v) is 8.10. The van der Waals surface area contributed by atoms with Gasteiger partial charge in [-0.2, -0.15) is 0 Å². The van der Waals surface area contributed by atoms with E-state index in [4.69, 9.17) is 9.72 Å².